The summed E-state index contributed by atoms with van der Waals surface area (Å²) in [5, 5.41) is 0.542. The summed E-state index contributed by atoms with van der Waals surface area (Å²) in [6.45, 7) is 3.63. The van der Waals surface area contributed by atoms with Crippen molar-refractivity contribution in [3.8, 4) is 0 Å². The Morgan fingerprint density at radius 2 is 2.20 bits per heavy atom. The van der Waals surface area contributed by atoms with Crippen molar-refractivity contribution in [2.45, 2.75) is 24.3 Å². The molecule has 134 valence electrons. The van der Waals surface area contributed by atoms with Gasteiger partial charge in [-0.15, -0.1) is 0 Å². The van der Waals surface area contributed by atoms with E-state index in [1.54, 1.807) is 18.2 Å². The van der Waals surface area contributed by atoms with Crippen LogP contribution in [-0.4, -0.2) is 33.9 Å². The number of anilines is 2. The number of nitrogens with zero attached hydrogens (tertiary/aromatic N) is 3. The van der Waals surface area contributed by atoms with Gasteiger partial charge in [0.1, 0.15) is 5.82 Å². The van der Waals surface area contributed by atoms with Gasteiger partial charge in [0.05, 0.1) is 23.2 Å². The Balaban J connectivity index is 2.08. The van der Waals surface area contributed by atoms with Crippen LogP contribution in [-0.2, 0) is 15.3 Å². The smallest absolute Gasteiger partial charge is 0.222 e. The molecule has 9 heteroatoms. The number of nitrogens with two attached hydrogens (primary N) is 1. The highest BCUT2D eigenvalue weighted by atomic mass is 35.5. The molecule has 0 bridgehead atoms. The van der Waals surface area contributed by atoms with Crippen LogP contribution < -0.4 is 10.6 Å². The van der Waals surface area contributed by atoms with Crippen LogP contribution >= 0.6 is 11.6 Å². The fourth-order valence-electron chi connectivity index (χ4n) is 2.94. The van der Waals surface area contributed by atoms with Crippen molar-refractivity contribution in [3.63, 3.8) is 0 Å². The van der Waals surface area contributed by atoms with Crippen molar-refractivity contribution in [3.05, 3.63) is 40.5 Å². The zero-order valence-electron chi connectivity index (χ0n) is 13.8. The number of hydrogen-bond acceptors (Lipinski definition) is 7. The number of rotatable bonds is 3. The molecular weight excluding hydrogens is 362 g/mol. The van der Waals surface area contributed by atoms with E-state index in [0.717, 1.165) is 17.7 Å². The normalized spacial score (nSPS) is 19.4. The first-order valence-corrected chi connectivity index (χ1v) is 9.53. The lowest BCUT2D eigenvalue weighted by atomic mass is 10.1. The zero-order valence-corrected chi connectivity index (χ0v) is 15.4. The number of aryl methyl sites for hydroxylation is 1. The summed E-state index contributed by atoms with van der Waals surface area (Å²) in [7, 11) is -2.19. The van der Waals surface area contributed by atoms with Gasteiger partial charge in [-0.1, -0.05) is 11.6 Å². The van der Waals surface area contributed by atoms with Crippen LogP contribution in [0.4, 0.5) is 11.8 Å². The molecule has 1 aromatic carbocycles. The summed E-state index contributed by atoms with van der Waals surface area (Å²) in [6, 6.07) is 6.68. The topological polar surface area (TPSA) is 105 Å². The van der Waals surface area contributed by atoms with Crippen LogP contribution in [0.1, 0.15) is 23.7 Å². The predicted octanol–water partition coefficient (Wildman–Crippen LogP) is 2.59. The molecule has 1 aliphatic rings. The molecule has 1 aromatic heterocycles. The van der Waals surface area contributed by atoms with Crippen LogP contribution in [0.5, 0.6) is 0 Å². The number of nitrogen functional groups attached to an aromatic ring is 1. The molecule has 2 aromatic rings. The van der Waals surface area contributed by atoms with Gasteiger partial charge in [-0.2, -0.15) is 4.98 Å². The average molecular weight is 382 g/mol. The number of halogens is 1. The van der Waals surface area contributed by atoms with Gasteiger partial charge in [-0.05, 0) is 37.1 Å². The van der Waals surface area contributed by atoms with Gasteiger partial charge in [-0.3, -0.25) is 4.78 Å². The minimum absolute atomic E-state index is 0.210. The monoisotopic (exact) mass is 381 g/mol. The highest BCUT2D eigenvalue weighted by Crippen LogP contribution is 2.34. The van der Waals surface area contributed by atoms with E-state index in [4.69, 9.17) is 26.9 Å². The van der Waals surface area contributed by atoms with E-state index in [9.17, 15) is 4.21 Å². The van der Waals surface area contributed by atoms with E-state index in [1.165, 1.54) is 0 Å². The first-order valence-electron chi connectivity index (χ1n) is 7.89. The van der Waals surface area contributed by atoms with Gasteiger partial charge >= 0.3 is 0 Å². The Labute approximate surface area is 153 Å². The fraction of sp³-hybridized carbons (Fsp3) is 0.375. The van der Waals surface area contributed by atoms with Crippen LogP contribution in [0.15, 0.2) is 29.2 Å². The molecule has 2 atom stereocenters. The molecule has 0 aliphatic carbocycles. The first kappa shape index (κ1) is 17.9. The maximum Gasteiger partial charge on any atom is 0.222 e. The van der Waals surface area contributed by atoms with Crippen molar-refractivity contribution in [1.82, 2.24) is 9.97 Å². The number of nitrogens with one attached hydrogen (secondary N) is 1. The van der Waals surface area contributed by atoms with E-state index in [1.807, 2.05) is 13.0 Å². The van der Waals surface area contributed by atoms with Crippen LogP contribution in [0.25, 0.3) is 0 Å². The summed E-state index contributed by atoms with van der Waals surface area (Å²) in [5.41, 5.74) is 7.36. The average Bonchev–Trinajstić information content (AvgIpc) is 2.80. The van der Waals surface area contributed by atoms with Gasteiger partial charge in [-0.25, -0.2) is 9.19 Å². The third kappa shape index (κ3) is 4.02. The SMILES string of the molecule is Cc1cc(N2CCCOC[C@H]2c2cc([SH](=N)=O)ccc2Cl)nc(N)n1. The molecule has 1 aliphatic heterocycles. The zero-order chi connectivity index (χ0) is 18.0. The molecule has 2 heterocycles. The third-order valence-corrected chi connectivity index (χ3v) is 5.16. The molecule has 0 saturated carbocycles. The van der Waals surface area contributed by atoms with Crippen molar-refractivity contribution in [2.24, 2.45) is 0 Å². The Morgan fingerprint density at radius 3 is 2.92 bits per heavy atom. The van der Waals surface area contributed by atoms with Gasteiger partial charge < -0.3 is 15.4 Å². The Hall–Kier alpha value is -1.90. The highest BCUT2D eigenvalue weighted by Gasteiger charge is 2.27. The van der Waals surface area contributed by atoms with E-state index >= 15 is 0 Å². The second kappa shape index (κ2) is 7.55. The summed E-state index contributed by atoms with van der Waals surface area (Å²) in [5.74, 6) is 0.922. The van der Waals surface area contributed by atoms with Crippen molar-refractivity contribution in [1.29, 1.82) is 4.78 Å². The van der Waals surface area contributed by atoms with Gasteiger partial charge in [0.15, 0.2) is 0 Å². The molecule has 1 saturated heterocycles. The number of thiol groups is 1. The van der Waals surface area contributed by atoms with Crippen molar-refractivity contribution < 1.29 is 8.95 Å². The molecule has 1 fully saturated rings. The maximum absolute atomic E-state index is 11.6. The number of hydrogen-bond donors (Lipinski definition) is 3. The number of benzene rings is 1. The summed E-state index contributed by atoms with van der Waals surface area (Å²) >= 11 is 6.41. The maximum atomic E-state index is 11.6. The molecule has 25 heavy (non-hydrogen) atoms. The largest absolute Gasteiger partial charge is 0.379 e. The highest BCUT2D eigenvalue weighted by molar-refractivity contribution is 7.73. The molecule has 0 spiro atoms. The van der Waals surface area contributed by atoms with Crippen LogP contribution in [0.3, 0.4) is 0 Å². The third-order valence-electron chi connectivity index (χ3n) is 4.06. The van der Waals surface area contributed by atoms with Crippen LogP contribution in [0, 0.1) is 11.7 Å². The van der Waals surface area contributed by atoms with Crippen LogP contribution in [0.2, 0.25) is 5.02 Å². The molecule has 0 amide bonds. The fourth-order valence-corrected chi connectivity index (χ4v) is 3.65. The van der Waals surface area contributed by atoms with Crippen molar-refractivity contribution in [2.75, 3.05) is 30.4 Å². The Bertz CT molecular complexity index is 830. The summed E-state index contributed by atoms with van der Waals surface area (Å²) < 4.78 is 24.8. The standard InChI is InChI=1S/C16H20ClN5O2S/c1-10-7-15(21-16(18)20-10)22-5-2-6-24-9-14(22)12-8-11(25(19)23)3-4-13(12)17/h3-4,7-8,14,19,25H,2,5-6,9H2,1H3,(H2,18,20,21)/t14-/m0/s1. The molecule has 7 nitrogen and oxygen atoms in total. The summed E-state index contributed by atoms with van der Waals surface area (Å²) in [4.78, 5) is 11.0. The Kier molecular flexibility index (Phi) is 5.41. The van der Waals surface area contributed by atoms with Gasteiger partial charge in [0.25, 0.3) is 0 Å². The Morgan fingerprint density at radius 1 is 1.40 bits per heavy atom. The molecule has 3 N–H and O–H groups in total. The van der Waals surface area contributed by atoms with E-state index < -0.39 is 10.6 Å². The minimum atomic E-state index is -2.19. The summed E-state index contributed by atoms with van der Waals surface area (Å²) in [6.07, 6.45) is 0.837. The number of aromatic nitrogens is 2. The first-order chi connectivity index (χ1) is 12.0. The predicted molar refractivity (Wildman–Crippen MR) is 98.7 cm³/mol. The van der Waals surface area contributed by atoms with E-state index in [2.05, 4.69) is 14.9 Å². The lowest BCUT2D eigenvalue weighted by Crippen LogP contribution is -2.32. The lowest BCUT2D eigenvalue weighted by Gasteiger charge is -2.31. The minimum Gasteiger partial charge on any atom is -0.379 e. The number of ether oxygens (including phenoxy) is 1. The second-order valence-corrected chi connectivity index (χ2v) is 7.38. The van der Waals surface area contributed by atoms with Gasteiger partial charge in [0, 0.05) is 34.8 Å². The quantitative estimate of drug-likeness (QED) is 0.706. The molecule has 1 unspecified atom stereocenters. The molecule has 3 rings (SSSR count). The second-order valence-electron chi connectivity index (χ2n) is 5.86. The molecule has 0 radical (unpaired) electrons. The van der Waals surface area contributed by atoms with Gasteiger partial charge in [0.2, 0.25) is 5.95 Å². The van der Waals surface area contributed by atoms with Crippen molar-refractivity contribution >= 4 is 34.0 Å². The van der Waals surface area contributed by atoms with E-state index in [0.29, 0.717) is 35.5 Å². The molecular formula is C16H20ClN5O2S. The lowest BCUT2D eigenvalue weighted by molar-refractivity contribution is 0.134. The van der Waals surface area contributed by atoms with E-state index in [-0.39, 0.29) is 12.0 Å².